The number of aromatic nitrogens is 2. The van der Waals surface area contributed by atoms with Crippen molar-refractivity contribution >= 4 is 0 Å². The van der Waals surface area contributed by atoms with E-state index in [1.165, 1.54) is 0 Å². The van der Waals surface area contributed by atoms with E-state index >= 15 is 0 Å². The molecule has 1 aromatic heterocycles. The van der Waals surface area contributed by atoms with Crippen molar-refractivity contribution in [3.63, 3.8) is 0 Å². The molecular weight excluding hydrogens is 292 g/mol. The van der Waals surface area contributed by atoms with Crippen molar-refractivity contribution in [2.24, 2.45) is 0 Å². The van der Waals surface area contributed by atoms with Crippen LogP contribution in [0, 0.1) is 0 Å². The maximum absolute atomic E-state index is 4.88. The Morgan fingerprint density at radius 2 is 0.917 bits per heavy atom. The van der Waals surface area contributed by atoms with Crippen LogP contribution in [0.3, 0.4) is 0 Å². The lowest BCUT2D eigenvalue weighted by atomic mass is 10.1. The fraction of sp³-hybridized carbons (Fsp3) is 0. The molecule has 24 heavy (non-hydrogen) atoms. The Balaban J connectivity index is 1.92. The smallest absolute Gasteiger partial charge is 0.210 e. The molecule has 0 radical (unpaired) electrons. The predicted molar refractivity (Wildman–Crippen MR) is 96.6 cm³/mol. The van der Waals surface area contributed by atoms with Gasteiger partial charge in [0.15, 0.2) is 0 Å². The number of rotatable bonds is 3. The van der Waals surface area contributed by atoms with Gasteiger partial charge in [-0.15, -0.1) is 0 Å². The molecule has 1 heterocycles. The Hall–Kier alpha value is -3.26. The molecule has 4 aromatic rings. The molecule has 0 fully saturated rings. The largest absolute Gasteiger partial charge is 0.235 e. The van der Waals surface area contributed by atoms with Crippen molar-refractivity contribution in [1.82, 2.24) is 4.98 Å². The first kappa shape index (κ1) is 14.3. The number of para-hydroxylation sites is 1. The average Bonchev–Trinajstić information content (AvgIpc) is 2.70. The van der Waals surface area contributed by atoms with E-state index in [0.29, 0.717) is 0 Å². The zero-order valence-electron chi connectivity index (χ0n) is 13.2. The fourth-order valence-corrected chi connectivity index (χ4v) is 2.73. The summed E-state index contributed by atoms with van der Waals surface area (Å²) in [5, 5.41) is 0. The van der Waals surface area contributed by atoms with Gasteiger partial charge in [-0.25, -0.2) is 4.98 Å². The minimum atomic E-state index is 0.959. The highest BCUT2D eigenvalue weighted by molar-refractivity contribution is 5.63. The van der Waals surface area contributed by atoms with Crippen molar-refractivity contribution < 1.29 is 4.57 Å². The van der Waals surface area contributed by atoms with Crippen LogP contribution in [-0.2, 0) is 0 Å². The van der Waals surface area contributed by atoms with Gasteiger partial charge in [0.2, 0.25) is 18.1 Å². The molecule has 2 nitrogen and oxygen atoms in total. The molecule has 0 amide bonds. The summed E-state index contributed by atoms with van der Waals surface area (Å²) >= 11 is 0. The molecule has 0 aliphatic rings. The molecule has 4 rings (SSSR count). The van der Waals surface area contributed by atoms with Crippen LogP contribution >= 0.6 is 0 Å². The highest BCUT2D eigenvalue weighted by Crippen LogP contribution is 2.21. The second kappa shape index (κ2) is 6.47. The normalized spacial score (nSPS) is 10.5. The molecule has 2 heteroatoms. The van der Waals surface area contributed by atoms with Crippen LogP contribution in [0.4, 0.5) is 0 Å². The molecule has 0 saturated heterocycles. The lowest BCUT2D eigenvalue weighted by Gasteiger charge is -2.05. The first-order valence-corrected chi connectivity index (χ1v) is 8.00. The maximum atomic E-state index is 4.88. The van der Waals surface area contributed by atoms with Gasteiger partial charge >= 0.3 is 0 Å². The van der Waals surface area contributed by atoms with Gasteiger partial charge in [-0.05, 0) is 0 Å². The lowest BCUT2D eigenvalue weighted by molar-refractivity contribution is -0.595. The number of benzene rings is 3. The van der Waals surface area contributed by atoms with Gasteiger partial charge in [0.25, 0.3) is 0 Å². The summed E-state index contributed by atoms with van der Waals surface area (Å²) in [4.78, 5) is 4.88. The summed E-state index contributed by atoms with van der Waals surface area (Å²) in [5.41, 5.74) is 5.26. The van der Waals surface area contributed by atoms with Crippen molar-refractivity contribution in [3.05, 3.63) is 103 Å². The van der Waals surface area contributed by atoms with Crippen LogP contribution in [0.1, 0.15) is 0 Å². The SMILES string of the molecule is c1ccc(-c2c[n+](-c3ccccc3)cc(-c3ccccc3)n2)cc1. The Bertz CT molecular complexity index is 794. The van der Waals surface area contributed by atoms with E-state index in [9.17, 15) is 0 Å². The molecular formula is C22H17N2+. The molecule has 0 saturated carbocycles. The molecule has 3 aromatic carbocycles. The third-order valence-corrected chi connectivity index (χ3v) is 3.96. The zero-order chi connectivity index (χ0) is 16.2. The molecule has 0 spiro atoms. The van der Waals surface area contributed by atoms with Crippen LogP contribution in [-0.4, -0.2) is 4.98 Å². The van der Waals surface area contributed by atoms with Gasteiger partial charge in [0.1, 0.15) is 11.4 Å². The van der Waals surface area contributed by atoms with Crippen molar-refractivity contribution in [3.8, 4) is 28.2 Å². The van der Waals surface area contributed by atoms with Crippen LogP contribution in [0.2, 0.25) is 0 Å². The minimum Gasteiger partial charge on any atom is -0.235 e. The third kappa shape index (κ3) is 2.95. The Kier molecular flexibility index (Phi) is 3.86. The zero-order valence-corrected chi connectivity index (χ0v) is 13.2. The topological polar surface area (TPSA) is 16.8 Å². The van der Waals surface area contributed by atoms with E-state index in [2.05, 4.69) is 53.4 Å². The van der Waals surface area contributed by atoms with Gasteiger partial charge in [-0.3, -0.25) is 0 Å². The first-order valence-electron chi connectivity index (χ1n) is 8.00. The summed E-state index contributed by atoms with van der Waals surface area (Å²) in [6, 6.07) is 30.9. The molecule has 0 atom stereocenters. The average molecular weight is 309 g/mol. The Labute approximate surface area is 141 Å². The lowest BCUT2D eigenvalue weighted by Crippen LogP contribution is -2.30. The van der Waals surface area contributed by atoms with Crippen LogP contribution < -0.4 is 4.57 Å². The van der Waals surface area contributed by atoms with Gasteiger partial charge in [-0.1, -0.05) is 78.9 Å². The monoisotopic (exact) mass is 309 g/mol. The standard InChI is InChI=1S/C22H17N2/c1-4-10-18(11-5-1)21-16-24(20-14-8-3-9-15-20)17-22(23-21)19-12-6-2-7-13-19/h1-17H/q+1. The van der Waals surface area contributed by atoms with Gasteiger partial charge in [0, 0.05) is 23.3 Å². The number of hydrogen-bond donors (Lipinski definition) is 0. The summed E-state index contributed by atoms with van der Waals surface area (Å²) in [5.74, 6) is 0. The second-order valence-corrected chi connectivity index (χ2v) is 5.62. The molecule has 0 N–H and O–H groups in total. The predicted octanol–water partition coefficient (Wildman–Crippen LogP) is 4.69. The van der Waals surface area contributed by atoms with Crippen LogP contribution in [0.25, 0.3) is 28.2 Å². The third-order valence-electron chi connectivity index (χ3n) is 3.96. The quantitative estimate of drug-likeness (QED) is 0.502. The van der Waals surface area contributed by atoms with Crippen LogP contribution in [0.5, 0.6) is 0 Å². The summed E-state index contributed by atoms with van der Waals surface area (Å²) in [6.45, 7) is 0. The van der Waals surface area contributed by atoms with E-state index in [1.807, 2.05) is 54.6 Å². The Morgan fingerprint density at radius 1 is 0.500 bits per heavy atom. The van der Waals surface area contributed by atoms with Gasteiger partial charge < -0.3 is 0 Å². The Morgan fingerprint density at radius 3 is 1.38 bits per heavy atom. The van der Waals surface area contributed by atoms with Gasteiger partial charge in [-0.2, -0.15) is 4.57 Å². The van der Waals surface area contributed by atoms with E-state index in [4.69, 9.17) is 4.98 Å². The molecule has 0 bridgehead atoms. The van der Waals surface area contributed by atoms with E-state index in [-0.39, 0.29) is 0 Å². The van der Waals surface area contributed by atoms with Gasteiger partial charge in [0.05, 0.1) is 0 Å². The minimum absolute atomic E-state index is 0.959. The van der Waals surface area contributed by atoms with E-state index in [0.717, 1.165) is 28.2 Å². The molecule has 114 valence electrons. The summed E-state index contributed by atoms with van der Waals surface area (Å²) < 4.78 is 2.14. The van der Waals surface area contributed by atoms with E-state index in [1.54, 1.807) is 0 Å². The maximum Gasteiger partial charge on any atom is 0.210 e. The first-order chi connectivity index (χ1) is 11.9. The highest BCUT2D eigenvalue weighted by Gasteiger charge is 2.14. The number of hydrogen-bond acceptors (Lipinski definition) is 1. The number of nitrogens with zero attached hydrogens (tertiary/aromatic N) is 2. The van der Waals surface area contributed by atoms with Crippen molar-refractivity contribution in [2.45, 2.75) is 0 Å². The fourth-order valence-electron chi connectivity index (χ4n) is 2.73. The van der Waals surface area contributed by atoms with Crippen molar-refractivity contribution in [2.75, 3.05) is 0 Å². The molecule has 0 unspecified atom stereocenters. The second-order valence-electron chi connectivity index (χ2n) is 5.62. The molecule has 0 aliphatic heterocycles. The highest BCUT2D eigenvalue weighted by atomic mass is 15.0. The van der Waals surface area contributed by atoms with Crippen LogP contribution in [0.15, 0.2) is 103 Å². The molecule has 0 aliphatic carbocycles. The summed E-state index contributed by atoms with van der Waals surface area (Å²) in [6.07, 6.45) is 4.16. The van der Waals surface area contributed by atoms with E-state index < -0.39 is 0 Å². The summed E-state index contributed by atoms with van der Waals surface area (Å²) in [7, 11) is 0. The van der Waals surface area contributed by atoms with Crippen molar-refractivity contribution in [1.29, 1.82) is 0 Å².